The predicted molar refractivity (Wildman–Crippen MR) is 124 cm³/mol. The lowest BCUT2D eigenvalue weighted by molar-refractivity contribution is -0.385. The fourth-order valence-electron chi connectivity index (χ4n) is 3.12. The third kappa shape index (κ3) is 5.55. The molecule has 34 heavy (non-hydrogen) atoms. The van der Waals surface area contributed by atoms with E-state index in [9.17, 15) is 20.2 Å². The highest BCUT2D eigenvalue weighted by molar-refractivity contribution is 5.85. The minimum absolute atomic E-state index is 0.0826. The van der Waals surface area contributed by atoms with Crippen molar-refractivity contribution in [2.75, 3.05) is 41.9 Å². The van der Waals surface area contributed by atoms with Crippen LogP contribution in [0.3, 0.4) is 0 Å². The molecule has 0 radical (unpaired) electrons. The number of rotatable bonds is 8. The van der Waals surface area contributed by atoms with E-state index in [-0.39, 0.29) is 23.3 Å². The van der Waals surface area contributed by atoms with E-state index in [1.807, 2.05) is 4.90 Å². The van der Waals surface area contributed by atoms with Gasteiger partial charge in [-0.15, -0.1) is 0 Å². The van der Waals surface area contributed by atoms with E-state index in [2.05, 4.69) is 30.8 Å². The minimum atomic E-state index is -0.498. The fraction of sp³-hybridized carbons (Fsp3) is 0.200. The van der Waals surface area contributed by atoms with E-state index in [0.29, 0.717) is 43.5 Å². The van der Waals surface area contributed by atoms with Crippen molar-refractivity contribution >= 4 is 41.1 Å². The third-order valence-corrected chi connectivity index (χ3v) is 4.73. The average molecular weight is 465 g/mol. The molecule has 0 atom stereocenters. The molecule has 1 aliphatic heterocycles. The molecule has 14 heteroatoms. The van der Waals surface area contributed by atoms with Gasteiger partial charge in [-0.2, -0.15) is 20.1 Å². The molecule has 0 aliphatic carbocycles. The first-order valence-electron chi connectivity index (χ1n) is 10.1. The molecule has 0 amide bonds. The molecule has 14 nitrogen and oxygen atoms in total. The molecule has 2 heterocycles. The van der Waals surface area contributed by atoms with Gasteiger partial charge in [-0.3, -0.25) is 20.2 Å². The van der Waals surface area contributed by atoms with Crippen molar-refractivity contribution in [1.82, 2.24) is 15.0 Å². The number of nitro benzene ring substituents is 2. The molecule has 1 fully saturated rings. The average Bonchev–Trinajstić information content (AvgIpc) is 2.85. The van der Waals surface area contributed by atoms with Gasteiger partial charge in [0.05, 0.1) is 34.8 Å². The van der Waals surface area contributed by atoms with Crippen molar-refractivity contribution in [2.45, 2.75) is 0 Å². The second-order valence-corrected chi connectivity index (χ2v) is 7.00. The van der Waals surface area contributed by atoms with Crippen LogP contribution in [0, 0.1) is 20.2 Å². The number of benzene rings is 2. The lowest BCUT2D eigenvalue weighted by atomic mass is 10.2. The molecule has 2 aromatic carbocycles. The largest absolute Gasteiger partial charge is 0.378 e. The normalized spacial score (nSPS) is 13.6. The summed E-state index contributed by atoms with van der Waals surface area (Å²) in [4.78, 5) is 36.2. The van der Waals surface area contributed by atoms with Crippen molar-refractivity contribution in [3.8, 4) is 0 Å². The number of non-ortho nitro benzene ring substituents is 1. The predicted octanol–water partition coefficient (Wildman–Crippen LogP) is 2.71. The summed E-state index contributed by atoms with van der Waals surface area (Å²) in [6, 6.07) is 12.1. The van der Waals surface area contributed by atoms with Gasteiger partial charge >= 0.3 is 0 Å². The summed E-state index contributed by atoms with van der Waals surface area (Å²) in [5.41, 5.74) is 3.22. The molecule has 1 saturated heterocycles. The smallest absolute Gasteiger partial charge is 0.278 e. The Morgan fingerprint density at radius 3 is 2.50 bits per heavy atom. The zero-order valence-corrected chi connectivity index (χ0v) is 17.7. The summed E-state index contributed by atoms with van der Waals surface area (Å²) in [6.45, 7) is 2.16. The number of para-hydroxylation sites is 1. The number of nitrogens with zero attached hydrogens (tertiary/aromatic N) is 7. The van der Waals surface area contributed by atoms with Gasteiger partial charge in [0.25, 0.3) is 11.4 Å². The Morgan fingerprint density at radius 1 is 0.971 bits per heavy atom. The van der Waals surface area contributed by atoms with Crippen LogP contribution in [0.1, 0.15) is 5.56 Å². The first-order valence-corrected chi connectivity index (χ1v) is 10.1. The van der Waals surface area contributed by atoms with Crippen LogP contribution in [0.5, 0.6) is 0 Å². The van der Waals surface area contributed by atoms with Gasteiger partial charge in [-0.1, -0.05) is 18.2 Å². The molecule has 0 saturated carbocycles. The van der Waals surface area contributed by atoms with Gasteiger partial charge in [0.15, 0.2) is 0 Å². The topological polar surface area (TPSA) is 174 Å². The summed E-state index contributed by atoms with van der Waals surface area (Å²) < 4.78 is 5.37. The number of aromatic nitrogens is 3. The Kier molecular flexibility index (Phi) is 6.78. The van der Waals surface area contributed by atoms with Crippen molar-refractivity contribution in [1.29, 1.82) is 0 Å². The number of hydrogen-bond acceptors (Lipinski definition) is 12. The second kappa shape index (κ2) is 10.3. The number of ether oxygens (including phenoxy) is 1. The molecular formula is C20H19N9O5. The molecule has 0 bridgehead atoms. The minimum Gasteiger partial charge on any atom is -0.378 e. The van der Waals surface area contributed by atoms with Gasteiger partial charge in [-0.05, 0) is 12.1 Å². The molecule has 1 aliphatic rings. The number of anilines is 4. The van der Waals surface area contributed by atoms with Crippen LogP contribution >= 0.6 is 0 Å². The molecule has 0 spiro atoms. The summed E-state index contributed by atoms with van der Waals surface area (Å²) in [5, 5.41) is 29.2. The maximum Gasteiger partial charge on any atom is 0.278 e. The highest BCUT2D eigenvalue weighted by Crippen LogP contribution is 2.22. The van der Waals surface area contributed by atoms with Crippen LogP contribution in [0.4, 0.5) is 34.9 Å². The highest BCUT2D eigenvalue weighted by atomic mass is 16.6. The van der Waals surface area contributed by atoms with Gasteiger partial charge in [0.1, 0.15) is 0 Å². The zero-order valence-electron chi connectivity index (χ0n) is 17.7. The Morgan fingerprint density at radius 2 is 1.74 bits per heavy atom. The Balaban J connectivity index is 1.60. The summed E-state index contributed by atoms with van der Waals surface area (Å²) in [5.74, 6) is 0.578. The Labute approximate surface area is 192 Å². The van der Waals surface area contributed by atoms with E-state index >= 15 is 0 Å². The fourth-order valence-corrected chi connectivity index (χ4v) is 3.12. The van der Waals surface area contributed by atoms with Gasteiger partial charge in [0.2, 0.25) is 17.8 Å². The van der Waals surface area contributed by atoms with Crippen molar-refractivity contribution in [2.24, 2.45) is 5.10 Å². The molecule has 0 unspecified atom stereocenters. The first kappa shape index (κ1) is 22.5. The Bertz CT molecular complexity index is 1230. The van der Waals surface area contributed by atoms with Crippen LogP contribution in [0.2, 0.25) is 0 Å². The molecule has 3 aromatic rings. The van der Waals surface area contributed by atoms with Crippen LogP contribution in [-0.2, 0) is 4.74 Å². The summed E-state index contributed by atoms with van der Waals surface area (Å²) in [7, 11) is 0. The van der Waals surface area contributed by atoms with Gasteiger partial charge < -0.3 is 15.0 Å². The van der Waals surface area contributed by atoms with Crippen molar-refractivity contribution < 1.29 is 14.6 Å². The van der Waals surface area contributed by atoms with Crippen molar-refractivity contribution in [3.63, 3.8) is 0 Å². The molecule has 174 valence electrons. The lowest BCUT2D eigenvalue weighted by Gasteiger charge is -2.27. The molecular weight excluding hydrogens is 446 g/mol. The van der Waals surface area contributed by atoms with Gasteiger partial charge in [0, 0.05) is 37.0 Å². The van der Waals surface area contributed by atoms with E-state index < -0.39 is 9.85 Å². The third-order valence-electron chi connectivity index (χ3n) is 4.73. The van der Waals surface area contributed by atoms with Crippen molar-refractivity contribution in [3.05, 3.63) is 74.3 Å². The maximum absolute atomic E-state index is 11.2. The highest BCUT2D eigenvalue weighted by Gasteiger charge is 2.17. The standard InChI is InChI=1S/C20H19N9O5/c30-28(31)16-6-3-5-15(12-16)22-18-23-19(25-20(24-18)27-8-10-34-11-9-27)26-21-13-14-4-1-2-7-17(14)29(32)33/h1-7,12-13H,8-11H2,(H2,22,23,24,25,26)/b21-13-. The maximum atomic E-state index is 11.2. The number of nitro groups is 2. The monoisotopic (exact) mass is 465 g/mol. The lowest BCUT2D eigenvalue weighted by Crippen LogP contribution is -2.37. The second-order valence-electron chi connectivity index (χ2n) is 7.00. The number of hydrazone groups is 1. The quantitative estimate of drug-likeness (QED) is 0.284. The van der Waals surface area contributed by atoms with E-state index in [4.69, 9.17) is 4.74 Å². The SMILES string of the molecule is O=[N+]([O-])c1cccc(Nc2nc(N/N=C\c3ccccc3[N+](=O)[O-])nc(N3CCOCC3)n2)c1. The molecule has 1 aromatic heterocycles. The Hall–Kier alpha value is -4.72. The molecule has 2 N–H and O–H groups in total. The summed E-state index contributed by atoms with van der Waals surface area (Å²) >= 11 is 0. The van der Waals surface area contributed by atoms with Gasteiger partial charge in [-0.25, -0.2) is 5.43 Å². The zero-order chi connectivity index (χ0) is 23.9. The first-order chi connectivity index (χ1) is 16.5. The molecule has 4 rings (SSSR count). The van der Waals surface area contributed by atoms with E-state index in [1.54, 1.807) is 30.3 Å². The number of hydrogen-bond donors (Lipinski definition) is 2. The number of nitrogens with one attached hydrogen (secondary N) is 2. The summed E-state index contributed by atoms with van der Waals surface area (Å²) in [6.07, 6.45) is 1.30. The number of morpholine rings is 1. The van der Waals surface area contributed by atoms with Crippen LogP contribution in [0.25, 0.3) is 0 Å². The van der Waals surface area contributed by atoms with Crippen LogP contribution in [-0.4, -0.2) is 57.3 Å². The van der Waals surface area contributed by atoms with Crippen LogP contribution in [0.15, 0.2) is 53.6 Å². The van der Waals surface area contributed by atoms with E-state index in [1.165, 1.54) is 24.4 Å². The van der Waals surface area contributed by atoms with Crippen LogP contribution < -0.4 is 15.6 Å². The van der Waals surface area contributed by atoms with E-state index in [0.717, 1.165) is 0 Å².